The largest absolute Gasteiger partial charge is 0.313 e. The zero-order chi connectivity index (χ0) is 15.1. The molecule has 0 bridgehead atoms. The van der Waals surface area contributed by atoms with E-state index in [0.29, 0.717) is 12.0 Å². The minimum absolute atomic E-state index is 0.612. The van der Waals surface area contributed by atoms with Crippen molar-refractivity contribution in [1.29, 1.82) is 0 Å². The van der Waals surface area contributed by atoms with E-state index in [0.717, 1.165) is 18.4 Å². The Morgan fingerprint density at radius 2 is 1.71 bits per heavy atom. The molecule has 0 amide bonds. The highest BCUT2D eigenvalue weighted by atomic mass is 14.9. The van der Waals surface area contributed by atoms with Gasteiger partial charge in [-0.3, -0.25) is 0 Å². The van der Waals surface area contributed by atoms with Gasteiger partial charge < -0.3 is 5.32 Å². The van der Waals surface area contributed by atoms with Crippen LogP contribution in [0.2, 0.25) is 0 Å². The van der Waals surface area contributed by atoms with Crippen LogP contribution < -0.4 is 5.32 Å². The molecule has 0 aromatic heterocycles. The molecule has 0 heterocycles. The van der Waals surface area contributed by atoms with Crippen molar-refractivity contribution in [2.75, 3.05) is 6.54 Å². The lowest BCUT2D eigenvalue weighted by Crippen LogP contribution is -2.42. The maximum atomic E-state index is 3.87. The third-order valence-corrected chi connectivity index (χ3v) is 5.47. The fourth-order valence-corrected chi connectivity index (χ4v) is 3.98. The fourth-order valence-electron chi connectivity index (χ4n) is 3.98. The first-order chi connectivity index (χ1) is 10.3. The van der Waals surface area contributed by atoms with E-state index >= 15 is 0 Å². The van der Waals surface area contributed by atoms with Gasteiger partial charge in [-0.25, -0.2) is 0 Å². The first kappa shape index (κ1) is 16.5. The summed E-state index contributed by atoms with van der Waals surface area (Å²) in [6.45, 7) is 8.18. The number of nitrogens with one attached hydrogen (secondary N) is 1. The van der Waals surface area contributed by atoms with Crippen molar-refractivity contribution in [3.63, 3.8) is 0 Å². The molecule has 2 atom stereocenters. The van der Waals surface area contributed by atoms with E-state index in [4.69, 9.17) is 0 Å². The summed E-state index contributed by atoms with van der Waals surface area (Å²) >= 11 is 0. The van der Waals surface area contributed by atoms with Crippen molar-refractivity contribution < 1.29 is 0 Å². The minimum atomic E-state index is 0.612. The van der Waals surface area contributed by atoms with Crippen LogP contribution in [0.4, 0.5) is 0 Å². The maximum absolute atomic E-state index is 3.87. The van der Waals surface area contributed by atoms with Crippen molar-refractivity contribution >= 4 is 0 Å². The Labute approximate surface area is 131 Å². The molecule has 118 valence electrons. The van der Waals surface area contributed by atoms with Gasteiger partial charge in [-0.05, 0) is 49.1 Å². The molecule has 1 heteroatoms. The highest BCUT2D eigenvalue weighted by Gasteiger charge is 2.30. The second kappa shape index (κ2) is 8.58. The Balaban J connectivity index is 2.04. The van der Waals surface area contributed by atoms with Gasteiger partial charge in [0, 0.05) is 6.04 Å². The number of benzene rings is 1. The van der Waals surface area contributed by atoms with Crippen molar-refractivity contribution in [2.45, 2.75) is 71.3 Å². The molecule has 1 aromatic carbocycles. The van der Waals surface area contributed by atoms with E-state index < -0.39 is 0 Å². The monoisotopic (exact) mass is 287 g/mol. The number of hydrogen-bond acceptors (Lipinski definition) is 1. The number of rotatable bonds is 7. The van der Waals surface area contributed by atoms with Crippen LogP contribution in [0.3, 0.4) is 0 Å². The molecule has 21 heavy (non-hydrogen) atoms. The molecule has 1 aliphatic rings. The predicted molar refractivity (Wildman–Crippen MR) is 92.7 cm³/mol. The Kier molecular flexibility index (Phi) is 6.76. The molecule has 1 aromatic rings. The van der Waals surface area contributed by atoms with Crippen LogP contribution in [0.25, 0.3) is 0 Å². The first-order valence-corrected chi connectivity index (χ1v) is 9.04. The lowest BCUT2D eigenvalue weighted by atomic mass is 9.73. The summed E-state index contributed by atoms with van der Waals surface area (Å²) in [5.74, 6) is 2.45. The van der Waals surface area contributed by atoms with Crippen LogP contribution in [0, 0.1) is 11.8 Å². The molecule has 1 N–H and O–H groups in total. The van der Waals surface area contributed by atoms with Gasteiger partial charge in [0.05, 0.1) is 0 Å². The topological polar surface area (TPSA) is 12.0 Å². The van der Waals surface area contributed by atoms with Crippen LogP contribution in [0.1, 0.15) is 70.8 Å². The standard InChI is InChI=1S/C20H33N/c1-4-15-21-20(16(3)18-9-7-6-8-10-18)19-13-11-17(5-2)12-14-19/h6-10,16-17,19-21H,4-5,11-15H2,1-3H3. The van der Waals surface area contributed by atoms with Crippen molar-refractivity contribution in [2.24, 2.45) is 11.8 Å². The quantitative estimate of drug-likeness (QED) is 0.710. The first-order valence-electron chi connectivity index (χ1n) is 9.04. The van der Waals surface area contributed by atoms with E-state index in [-0.39, 0.29) is 0 Å². The van der Waals surface area contributed by atoms with Gasteiger partial charge in [0.2, 0.25) is 0 Å². The molecule has 1 saturated carbocycles. The van der Waals surface area contributed by atoms with E-state index in [1.54, 1.807) is 0 Å². The van der Waals surface area contributed by atoms with Crippen LogP contribution in [0.15, 0.2) is 30.3 Å². The van der Waals surface area contributed by atoms with Crippen molar-refractivity contribution in [3.05, 3.63) is 35.9 Å². The third-order valence-electron chi connectivity index (χ3n) is 5.47. The van der Waals surface area contributed by atoms with Crippen LogP contribution in [-0.4, -0.2) is 12.6 Å². The molecule has 1 fully saturated rings. The molecule has 0 radical (unpaired) electrons. The second-order valence-electron chi connectivity index (χ2n) is 6.87. The molecule has 1 nitrogen and oxygen atoms in total. The maximum Gasteiger partial charge on any atom is 0.0161 e. The van der Waals surface area contributed by atoms with E-state index in [2.05, 4.69) is 56.4 Å². The smallest absolute Gasteiger partial charge is 0.0161 e. The Hall–Kier alpha value is -0.820. The summed E-state index contributed by atoms with van der Waals surface area (Å²) in [6.07, 6.45) is 8.30. The average molecular weight is 287 g/mol. The lowest BCUT2D eigenvalue weighted by molar-refractivity contribution is 0.202. The SMILES string of the molecule is CCCNC(C1CCC(CC)CC1)C(C)c1ccccc1. The van der Waals surface area contributed by atoms with E-state index in [1.807, 2.05) is 0 Å². The Morgan fingerprint density at radius 1 is 1.05 bits per heavy atom. The van der Waals surface area contributed by atoms with Crippen molar-refractivity contribution in [1.82, 2.24) is 5.32 Å². The van der Waals surface area contributed by atoms with Crippen LogP contribution in [-0.2, 0) is 0 Å². The summed E-state index contributed by atoms with van der Waals surface area (Å²) < 4.78 is 0. The van der Waals surface area contributed by atoms with Gasteiger partial charge in [-0.2, -0.15) is 0 Å². The molecule has 2 unspecified atom stereocenters. The zero-order valence-corrected chi connectivity index (χ0v) is 14.1. The van der Waals surface area contributed by atoms with Gasteiger partial charge >= 0.3 is 0 Å². The highest BCUT2D eigenvalue weighted by Crippen LogP contribution is 2.36. The normalized spacial score (nSPS) is 25.5. The lowest BCUT2D eigenvalue weighted by Gasteiger charge is -2.37. The summed E-state index contributed by atoms with van der Waals surface area (Å²) in [7, 11) is 0. The molecule has 2 rings (SSSR count). The molecule has 0 spiro atoms. The van der Waals surface area contributed by atoms with Crippen LogP contribution >= 0.6 is 0 Å². The second-order valence-corrected chi connectivity index (χ2v) is 6.87. The van der Waals surface area contributed by atoms with Gasteiger partial charge in [0.25, 0.3) is 0 Å². The molecule has 0 aliphatic heterocycles. The summed E-state index contributed by atoms with van der Waals surface area (Å²) in [5, 5.41) is 3.87. The number of hydrogen-bond donors (Lipinski definition) is 1. The van der Waals surface area contributed by atoms with E-state index in [1.165, 1.54) is 44.1 Å². The van der Waals surface area contributed by atoms with Gasteiger partial charge in [0.1, 0.15) is 0 Å². The minimum Gasteiger partial charge on any atom is -0.313 e. The Bertz CT molecular complexity index is 378. The van der Waals surface area contributed by atoms with Gasteiger partial charge in [-0.1, -0.05) is 70.4 Å². The zero-order valence-electron chi connectivity index (χ0n) is 14.1. The molecular formula is C20H33N. The summed E-state index contributed by atoms with van der Waals surface area (Å²) in [6, 6.07) is 11.7. The highest BCUT2D eigenvalue weighted by molar-refractivity contribution is 5.21. The molecule has 0 saturated heterocycles. The van der Waals surface area contributed by atoms with Gasteiger partial charge in [0.15, 0.2) is 0 Å². The van der Waals surface area contributed by atoms with E-state index in [9.17, 15) is 0 Å². The summed E-state index contributed by atoms with van der Waals surface area (Å²) in [4.78, 5) is 0. The fraction of sp³-hybridized carbons (Fsp3) is 0.700. The molecular weight excluding hydrogens is 254 g/mol. The van der Waals surface area contributed by atoms with Crippen LogP contribution in [0.5, 0.6) is 0 Å². The summed E-state index contributed by atoms with van der Waals surface area (Å²) in [5.41, 5.74) is 1.49. The Morgan fingerprint density at radius 3 is 2.29 bits per heavy atom. The third kappa shape index (κ3) is 4.57. The van der Waals surface area contributed by atoms with Crippen molar-refractivity contribution in [3.8, 4) is 0 Å². The molecule has 1 aliphatic carbocycles. The van der Waals surface area contributed by atoms with Gasteiger partial charge in [-0.15, -0.1) is 0 Å². The predicted octanol–water partition coefficient (Wildman–Crippen LogP) is 5.37. The average Bonchev–Trinajstić information content (AvgIpc) is 2.56.